The molecule has 7 amide bonds. The molecule has 2 bridgehead atoms. The highest BCUT2D eigenvalue weighted by atomic mass is 16.5. The first kappa shape index (κ1) is 48.3. The molecule has 2 aliphatic rings. The van der Waals surface area contributed by atoms with Gasteiger partial charge in [0, 0.05) is 25.9 Å². The summed E-state index contributed by atoms with van der Waals surface area (Å²) in [5.74, 6) is -6.38. The Labute approximate surface area is 349 Å². The standard InChI is InChI=1S/C43H67N7O9/c1-11-26(7)34-43(58)59-28(9)35(47-33(51)23-44-37(52)25(5)6)40(55)46-31(21-24(3)4)38(53)45-30-19-16-20-50(41(30)56)36(27(8)12-2)42(57)49(10)32(39(54)48-34)22-29-17-14-13-15-18-29/h13-15,17-18,24-28,30-32,34-36H,11-12,16,19-23H2,1-10H3,(H,44,52)(H,45,53)(H,46,55)(H,47,51)(H,48,54)/t26-,27-,28+,30-,31-,32-,34-,35-,36-/m0/s1. The third kappa shape index (κ3) is 13.2. The second-order valence-corrected chi connectivity index (χ2v) is 16.8. The topological polar surface area (TPSA) is 212 Å². The van der Waals surface area contributed by atoms with E-state index < -0.39 is 108 Å². The number of nitrogens with one attached hydrogen (secondary N) is 5. The summed E-state index contributed by atoms with van der Waals surface area (Å²) in [5, 5.41) is 13.5. The zero-order chi connectivity index (χ0) is 44.1. The van der Waals surface area contributed by atoms with Crippen LogP contribution in [0.15, 0.2) is 30.3 Å². The van der Waals surface area contributed by atoms with Crippen LogP contribution in [-0.2, 0) is 49.5 Å². The summed E-state index contributed by atoms with van der Waals surface area (Å²) in [6, 6.07) is 2.08. The summed E-state index contributed by atoms with van der Waals surface area (Å²) >= 11 is 0. The monoisotopic (exact) mass is 826 g/mol. The maximum Gasteiger partial charge on any atom is 0.329 e. The number of hydrogen-bond donors (Lipinski definition) is 5. The predicted octanol–water partition coefficient (Wildman–Crippen LogP) is 1.84. The van der Waals surface area contributed by atoms with Crippen LogP contribution in [0.4, 0.5) is 0 Å². The molecule has 0 saturated carbocycles. The molecule has 1 aromatic rings. The van der Waals surface area contributed by atoms with Crippen LogP contribution in [0.25, 0.3) is 0 Å². The Bertz CT molecular complexity index is 1650. The largest absolute Gasteiger partial charge is 0.458 e. The summed E-state index contributed by atoms with van der Waals surface area (Å²) in [5.41, 5.74) is 0.754. The van der Waals surface area contributed by atoms with Crippen LogP contribution in [0.5, 0.6) is 0 Å². The van der Waals surface area contributed by atoms with E-state index >= 15 is 0 Å². The lowest BCUT2D eigenvalue weighted by Gasteiger charge is -2.42. The molecule has 16 nitrogen and oxygen atoms in total. The Balaban J connectivity index is 2.18. The van der Waals surface area contributed by atoms with Gasteiger partial charge < -0.3 is 41.1 Å². The van der Waals surface area contributed by atoms with Crippen LogP contribution in [0, 0.1) is 23.7 Å². The van der Waals surface area contributed by atoms with Gasteiger partial charge in [-0.1, -0.05) is 98.6 Å². The van der Waals surface area contributed by atoms with Gasteiger partial charge >= 0.3 is 5.97 Å². The minimum Gasteiger partial charge on any atom is -0.458 e. The van der Waals surface area contributed by atoms with E-state index in [-0.39, 0.29) is 31.2 Å². The number of likely N-dealkylation sites (N-methyl/N-ethyl adjacent to an activating group) is 1. The number of benzene rings is 1. The zero-order valence-corrected chi connectivity index (χ0v) is 36.5. The molecule has 1 aromatic carbocycles. The third-order valence-corrected chi connectivity index (χ3v) is 11.4. The molecule has 2 aliphatic heterocycles. The first-order valence-electron chi connectivity index (χ1n) is 21.1. The van der Waals surface area contributed by atoms with Crippen LogP contribution in [0.3, 0.4) is 0 Å². The minimum absolute atomic E-state index is 0.0896. The van der Waals surface area contributed by atoms with Gasteiger partial charge in [-0.05, 0) is 49.5 Å². The van der Waals surface area contributed by atoms with Crippen molar-refractivity contribution in [2.24, 2.45) is 23.7 Å². The van der Waals surface area contributed by atoms with Crippen molar-refractivity contribution in [3.05, 3.63) is 35.9 Å². The lowest BCUT2D eigenvalue weighted by Crippen LogP contribution is -2.63. The highest BCUT2D eigenvalue weighted by molar-refractivity contribution is 5.98. The number of carbonyl (C=O) groups is 8. The van der Waals surface area contributed by atoms with Gasteiger partial charge in [-0.3, -0.25) is 33.6 Å². The van der Waals surface area contributed by atoms with Crippen LogP contribution >= 0.6 is 0 Å². The molecule has 0 aliphatic carbocycles. The molecule has 0 aromatic heterocycles. The van der Waals surface area contributed by atoms with Crippen molar-refractivity contribution in [1.29, 1.82) is 0 Å². The number of hydrogen-bond acceptors (Lipinski definition) is 9. The molecule has 0 unspecified atom stereocenters. The Hall–Kier alpha value is -5.02. The number of carbonyl (C=O) groups excluding carboxylic acids is 8. The second kappa shape index (κ2) is 22.4. The van der Waals surface area contributed by atoms with E-state index in [1.165, 1.54) is 23.8 Å². The third-order valence-electron chi connectivity index (χ3n) is 11.4. The second-order valence-electron chi connectivity index (χ2n) is 16.8. The molecule has 2 saturated heterocycles. The molecule has 0 spiro atoms. The molecule has 2 fully saturated rings. The average Bonchev–Trinajstić information content (AvgIpc) is 3.19. The molecule has 5 N–H and O–H groups in total. The van der Waals surface area contributed by atoms with Crippen molar-refractivity contribution in [3.63, 3.8) is 0 Å². The number of fused-ring (bicyclic) bond motifs is 2. The van der Waals surface area contributed by atoms with Crippen molar-refractivity contribution in [2.75, 3.05) is 20.1 Å². The van der Waals surface area contributed by atoms with Crippen molar-refractivity contribution >= 4 is 47.3 Å². The number of rotatable bonds is 12. The molecular formula is C43H67N7O9. The van der Waals surface area contributed by atoms with Crippen molar-refractivity contribution in [2.45, 2.75) is 143 Å². The van der Waals surface area contributed by atoms with Crippen LogP contribution in [0.2, 0.25) is 0 Å². The number of cyclic esters (lactones) is 1. The maximum absolute atomic E-state index is 14.7. The fourth-order valence-electron chi connectivity index (χ4n) is 7.29. The van der Waals surface area contributed by atoms with Gasteiger partial charge in [-0.2, -0.15) is 0 Å². The normalized spacial score (nSPS) is 26.4. The zero-order valence-electron chi connectivity index (χ0n) is 36.5. The van der Waals surface area contributed by atoms with Crippen molar-refractivity contribution in [1.82, 2.24) is 36.4 Å². The quantitative estimate of drug-likeness (QED) is 0.195. The number of nitrogens with zero attached hydrogens (tertiary/aromatic N) is 2. The van der Waals surface area contributed by atoms with Crippen LogP contribution in [0.1, 0.15) is 100.0 Å². The van der Waals surface area contributed by atoms with Gasteiger partial charge in [0.15, 0.2) is 0 Å². The fourth-order valence-corrected chi connectivity index (χ4v) is 7.29. The van der Waals surface area contributed by atoms with Crippen molar-refractivity contribution < 1.29 is 43.1 Å². The first-order valence-corrected chi connectivity index (χ1v) is 21.1. The van der Waals surface area contributed by atoms with E-state index in [4.69, 9.17) is 4.74 Å². The molecular weight excluding hydrogens is 759 g/mol. The average molecular weight is 826 g/mol. The molecule has 328 valence electrons. The molecule has 0 radical (unpaired) electrons. The summed E-state index contributed by atoms with van der Waals surface area (Å²) in [4.78, 5) is 114. The highest BCUT2D eigenvalue weighted by Gasteiger charge is 2.44. The van der Waals surface area contributed by atoms with E-state index in [0.717, 1.165) is 5.56 Å². The summed E-state index contributed by atoms with van der Waals surface area (Å²) in [6.45, 7) is 15.6. The van der Waals surface area contributed by atoms with Gasteiger partial charge in [0.1, 0.15) is 42.4 Å². The van der Waals surface area contributed by atoms with E-state index in [9.17, 15) is 38.4 Å². The molecule has 16 heteroatoms. The highest BCUT2D eigenvalue weighted by Crippen LogP contribution is 2.25. The number of piperidine rings is 1. The molecule has 9 atom stereocenters. The fraction of sp³-hybridized carbons (Fsp3) is 0.674. The lowest BCUT2D eigenvalue weighted by molar-refractivity contribution is -0.158. The van der Waals surface area contributed by atoms with Gasteiger partial charge in [-0.25, -0.2) is 4.79 Å². The Morgan fingerprint density at radius 3 is 2.08 bits per heavy atom. The lowest BCUT2D eigenvalue weighted by atomic mass is 9.91. The number of ether oxygens (including phenoxy) is 1. The smallest absolute Gasteiger partial charge is 0.329 e. The van der Waals surface area contributed by atoms with Crippen molar-refractivity contribution in [3.8, 4) is 0 Å². The van der Waals surface area contributed by atoms with Gasteiger partial charge in [0.25, 0.3) is 0 Å². The SMILES string of the molecule is CC[C@H](C)[C@@H]1NC(=O)[C@H](Cc2ccccc2)N(C)C(=O)[C@H]([C@@H](C)CC)N2CCC[C@H](NC(=O)[C@H](CC(C)C)NC(=O)[C@@H](NC(=O)CNC(=O)C(C)C)[C@@H](C)OC1=O)C2=O. The maximum atomic E-state index is 14.7. The Morgan fingerprint density at radius 2 is 1.49 bits per heavy atom. The van der Waals surface area contributed by atoms with Crippen LogP contribution in [-0.4, -0.2) is 120 Å². The summed E-state index contributed by atoms with van der Waals surface area (Å²) in [6.07, 6.45) is 0.649. The van der Waals surface area contributed by atoms with Crippen LogP contribution < -0.4 is 26.6 Å². The Kier molecular flexibility index (Phi) is 18.3. The van der Waals surface area contributed by atoms with E-state index in [0.29, 0.717) is 25.7 Å². The van der Waals surface area contributed by atoms with E-state index in [1.807, 2.05) is 65.0 Å². The summed E-state index contributed by atoms with van der Waals surface area (Å²) in [7, 11) is 1.52. The van der Waals surface area contributed by atoms with Gasteiger partial charge in [-0.15, -0.1) is 0 Å². The number of amides is 7. The van der Waals surface area contributed by atoms with Gasteiger partial charge in [0.2, 0.25) is 41.4 Å². The molecule has 59 heavy (non-hydrogen) atoms. The van der Waals surface area contributed by atoms with E-state index in [1.54, 1.807) is 20.8 Å². The van der Waals surface area contributed by atoms with Gasteiger partial charge in [0.05, 0.1) is 6.54 Å². The Morgan fingerprint density at radius 1 is 0.847 bits per heavy atom. The van der Waals surface area contributed by atoms with E-state index in [2.05, 4.69) is 26.6 Å². The molecule has 3 rings (SSSR count). The predicted molar refractivity (Wildman–Crippen MR) is 221 cm³/mol. The molecule has 2 heterocycles. The first-order chi connectivity index (χ1) is 27.8. The minimum atomic E-state index is -1.54. The summed E-state index contributed by atoms with van der Waals surface area (Å²) < 4.78 is 5.88. The number of esters is 1.